The van der Waals surface area contributed by atoms with Gasteiger partial charge in [-0.3, -0.25) is 0 Å². The van der Waals surface area contributed by atoms with Crippen LogP contribution in [0.4, 0.5) is 25.5 Å². The zero-order valence-corrected chi connectivity index (χ0v) is 25.2. The van der Waals surface area contributed by atoms with Gasteiger partial charge in [-0.2, -0.15) is 4.80 Å². The minimum absolute atomic E-state index is 0.0505. The summed E-state index contributed by atoms with van der Waals surface area (Å²) in [5, 5.41) is 15.4. The molecule has 3 atom stereocenters. The first-order valence-corrected chi connectivity index (χ1v) is 14.7. The van der Waals surface area contributed by atoms with E-state index in [1.165, 1.54) is 6.07 Å². The lowest BCUT2D eigenvalue weighted by molar-refractivity contribution is 0.0504. The van der Waals surface area contributed by atoms with E-state index in [0.29, 0.717) is 30.1 Å². The van der Waals surface area contributed by atoms with E-state index in [-0.39, 0.29) is 24.8 Å². The van der Waals surface area contributed by atoms with Crippen LogP contribution in [0.1, 0.15) is 58.9 Å². The number of nitrogens with one attached hydrogen (secondary N) is 1. The van der Waals surface area contributed by atoms with Gasteiger partial charge in [0.2, 0.25) is 5.95 Å². The molecular formula is C29H39F2N9O3. The Morgan fingerprint density at radius 3 is 2.47 bits per heavy atom. The van der Waals surface area contributed by atoms with Gasteiger partial charge in [0.1, 0.15) is 17.2 Å². The number of amides is 1. The number of piperidine rings is 1. The summed E-state index contributed by atoms with van der Waals surface area (Å²) in [4.78, 5) is 27.2. The van der Waals surface area contributed by atoms with Gasteiger partial charge in [0.05, 0.1) is 31.1 Å². The minimum atomic E-state index is -0.706. The topological polar surface area (TPSA) is 123 Å². The molecule has 0 radical (unpaired) electrons. The van der Waals surface area contributed by atoms with Gasteiger partial charge in [-0.25, -0.2) is 23.5 Å². The number of ether oxygens (including phenoxy) is 2. The predicted octanol–water partition coefficient (Wildman–Crippen LogP) is 3.94. The van der Waals surface area contributed by atoms with E-state index < -0.39 is 35.3 Å². The first-order valence-electron chi connectivity index (χ1n) is 14.7. The first kappa shape index (κ1) is 30.4. The molecule has 0 saturated carbocycles. The highest BCUT2D eigenvalue weighted by Crippen LogP contribution is 2.33. The minimum Gasteiger partial charge on any atom is -0.487 e. The number of hydrogen-bond acceptors (Lipinski definition) is 10. The average Bonchev–Trinajstić information content (AvgIpc) is 3.61. The Kier molecular flexibility index (Phi) is 8.92. The van der Waals surface area contributed by atoms with Crippen LogP contribution in [0.5, 0.6) is 5.75 Å². The Labute approximate surface area is 249 Å². The molecule has 3 aromatic rings. The lowest BCUT2D eigenvalue weighted by Gasteiger charge is -2.34. The van der Waals surface area contributed by atoms with Crippen molar-refractivity contribution in [3.05, 3.63) is 47.8 Å². The molecule has 2 aromatic heterocycles. The molecule has 2 fully saturated rings. The summed E-state index contributed by atoms with van der Waals surface area (Å²) in [6.45, 7) is 12.2. The molecule has 4 heterocycles. The standard InChI is InChI=1S/C29H39F2N9O3/c1-6-40-36-27(35-37-40)38-11-9-19(10-12-38)18(2)42-21-14-32-26(33-15-21)39-16-23(22-13-20(30)7-8-24(22)31)25(17-39)34-28(41)43-29(3,4)5/h7-8,13-15,18-19,23,25H,6,9-12,16-17H2,1-5H3,(H,34,41)/t18-,23+,25-/m0/s1. The van der Waals surface area contributed by atoms with E-state index in [2.05, 4.69) is 35.6 Å². The summed E-state index contributed by atoms with van der Waals surface area (Å²) in [6.07, 6.45) is 4.41. The van der Waals surface area contributed by atoms with Gasteiger partial charge >= 0.3 is 6.09 Å². The van der Waals surface area contributed by atoms with Crippen molar-refractivity contribution in [1.29, 1.82) is 0 Å². The fourth-order valence-corrected chi connectivity index (χ4v) is 5.59. The second kappa shape index (κ2) is 12.6. The number of nitrogens with zero attached hydrogens (tertiary/aromatic N) is 8. The number of rotatable bonds is 8. The van der Waals surface area contributed by atoms with E-state index in [1.54, 1.807) is 38.0 Å². The van der Waals surface area contributed by atoms with Crippen LogP contribution in [0.15, 0.2) is 30.6 Å². The molecule has 2 aliphatic rings. The molecule has 232 valence electrons. The zero-order valence-electron chi connectivity index (χ0n) is 25.2. The number of anilines is 2. The number of halogens is 2. The molecule has 1 aromatic carbocycles. The Bertz CT molecular complexity index is 1390. The molecule has 43 heavy (non-hydrogen) atoms. The summed E-state index contributed by atoms with van der Waals surface area (Å²) in [5.74, 6) is 0.304. The highest BCUT2D eigenvalue weighted by molar-refractivity contribution is 5.68. The molecule has 5 rings (SSSR count). The molecule has 12 nitrogen and oxygen atoms in total. The molecule has 1 N–H and O–H groups in total. The third-order valence-electron chi connectivity index (χ3n) is 7.81. The van der Waals surface area contributed by atoms with Crippen molar-refractivity contribution < 1.29 is 23.0 Å². The summed E-state index contributed by atoms with van der Waals surface area (Å²) in [5.41, 5.74) is -0.531. The van der Waals surface area contributed by atoms with Crippen molar-refractivity contribution in [3.63, 3.8) is 0 Å². The van der Waals surface area contributed by atoms with Gasteiger partial charge in [-0.05, 0) is 82.4 Å². The Morgan fingerprint density at radius 1 is 1.09 bits per heavy atom. The highest BCUT2D eigenvalue weighted by Gasteiger charge is 2.38. The zero-order chi connectivity index (χ0) is 30.7. The molecular weight excluding hydrogens is 560 g/mol. The van der Waals surface area contributed by atoms with Crippen LogP contribution in [-0.4, -0.2) is 80.2 Å². The summed E-state index contributed by atoms with van der Waals surface area (Å²) >= 11 is 0. The van der Waals surface area contributed by atoms with Crippen LogP contribution >= 0.6 is 0 Å². The van der Waals surface area contributed by atoms with Gasteiger partial charge in [-0.1, -0.05) is 5.10 Å². The number of aryl methyl sites for hydroxylation is 1. The third-order valence-corrected chi connectivity index (χ3v) is 7.81. The van der Waals surface area contributed by atoms with Crippen LogP contribution in [0.2, 0.25) is 0 Å². The van der Waals surface area contributed by atoms with Crippen LogP contribution in [0.25, 0.3) is 0 Å². The van der Waals surface area contributed by atoms with Crippen molar-refractivity contribution in [1.82, 2.24) is 35.5 Å². The molecule has 0 unspecified atom stereocenters. The molecule has 1 amide bonds. The smallest absolute Gasteiger partial charge is 0.407 e. The fourth-order valence-electron chi connectivity index (χ4n) is 5.59. The summed E-state index contributed by atoms with van der Waals surface area (Å²) in [6, 6.07) is 2.78. The van der Waals surface area contributed by atoms with Gasteiger partial charge in [0, 0.05) is 32.1 Å². The fraction of sp³-hybridized carbons (Fsp3) is 0.586. The normalized spacial score (nSPS) is 20.3. The second-order valence-corrected chi connectivity index (χ2v) is 12.1. The average molecular weight is 600 g/mol. The van der Waals surface area contributed by atoms with Gasteiger partial charge in [0.15, 0.2) is 5.75 Å². The number of carbonyl (C=O) groups is 1. The monoisotopic (exact) mass is 599 g/mol. The van der Waals surface area contributed by atoms with Crippen LogP contribution in [0, 0.1) is 17.6 Å². The lowest BCUT2D eigenvalue weighted by atomic mass is 9.92. The van der Waals surface area contributed by atoms with Gasteiger partial charge in [-0.15, -0.1) is 5.10 Å². The van der Waals surface area contributed by atoms with Crippen LogP contribution < -0.4 is 19.9 Å². The lowest BCUT2D eigenvalue weighted by Crippen LogP contribution is -2.43. The maximum atomic E-state index is 14.8. The van der Waals surface area contributed by atoms with Crippen molar-refractivity contribution in [2.75, 3.05) is 36.0 Å². The van der Waals surface area contributed by atoms with Crippen molar-refractivity contribution in [2.24, 2.45) is 5.92 Å². The summed E-state index contributed by atoms with van der Waals surface area (Å²) in [7, 11) is 0. The second-order valence-electron chi connectivity index (χ2n) is 12.1. The Hall–Kier alpha value is -4.10. The number of carbonyl (C=O) groups excluding carboxylic acids is 1. The molecule has 2 aliphatic heterocycles. The van der Waals surface area contributed by atoms with Gasteiger partial charge in [0.25, 0.3) is 5.95 Å². The molecule has 0 bridgehead atoms. The van der Waals surface area contributed by atoms with E-state index >= 15 is 0 Å². The van der Waals surface area contributed by atoms with Gasteiger partial charge < -0.3 is 24.6 Å². The largest absolute Gasteiger partial charge is 0.487 e. The summed E-state index contributed by atoms with van der Waals surface area (Å²) < 4.78 is 40.5. The third kappa shape index (κ3) is 7.46. The Morgan fingerprint density at radius 2 is 1.81 bits per heavy atom. The predicted molar refractivity (Wildman–Crippen MR) is 155 cm³/mol. The quantitative estimate of drug-likeness (QED) is 0.407. The number of hydrogen-bond donors (Lipinski definition) is 1. The maximum Gasteiger partial charge on any atom is 0.407 e. The number of benzene rings is 1. The van der Waals surface area contributed by atoms with E-state index in [1.807, 2.05) is 18.7 Å². The number of alkyl carbamates (subject to hydrolysis) is 1. The number of tetrazole rings is 1. The van der Waals surface area contributed by atoms with Crippen LogP contribution in [-0.2, 0) is 11.3 Å². The molecule has 2 saturated heterocycles. The highest BCUT2D eigenvalue weighted by atomic mass is 19.1. The van der Waals surface area contributed by atoms with Crippen LogP contribution in [0.3, 0.4) is 0 Å². The molecule has 14 heteroatoms. The van der Waals surface area contributed by atoms with E-state index in [0.717, 1.165) is 38.1 Å². The molecule has 0 spiro atoms. The first-order chi connectivity index (χ1) is 20.5. The van der Waals surface area contributed by atoms with Crippen molar-refractivity contribution in [2.45, 2.75) is 77.7 Å². The SMILES string of the molecule is CCn1nnc(N2CCC([C@H](C)Oc3cnc(N4C[C@H](NC(=O)OC(C)(C)C)[C@@H](c5cc(F)ccc5F)C4)nc3)CC2)n1. The van der Waals surface area contributed by atoms with E-state index in [9.17, 15) is 13.6 Å². The van der Waals surface area contributed by atoms with Crippen molar-refractivity contribution >= 4 is 18.0 Å². The maximum absolute atomic E-state index is 14.8. The Balaban J connectivity index is 1.21. The number of aromatic nitrogens is 6. The molecule has 0 aliphatic carbocycles. The van der Waals surface area contributed by atoms with Crippen molar-refractivity contribution in [3.8, 4) is 5.75 Å². The van der Waals surface area contributed by atoms with E-state index in [4.69, 9.17) is 9.47 Å².